The van der Waals surface area contributed by atoms with E-state index in [9.17, 15) is 0 Å². The Labute approximate surface area is 158 Å². The molecule has 8 nitrogen and oxygen atoms in total. The fourth-order valence-electron chi connectivity index (χ4n) is 3.32. The molecular weight excluding hydrogens is 342 g/mol. The van der Waals surface area contributed by atoms with Crippen LogP contribution in [0.4, 0.5) is 11.8 Å². The van der Waals surface area contributed by atoms with Gasteiger partial charge < -0.3 is 19.9 Å². The molecule has 8 heteroatoms. The molecule has 1 aromatic carbocycles. The summed E-state index contributed by atoms with van der Waals surface area (Å²) in [6, 6.07) is 7.99. The molecule has 1 aliphatic rings. The summed E-state index contributed by atoms with van der Waals surface area (Å²) in [6.45, 7) is 4.48. The minimum Gasteiger partial charge on any atom is -0.496 e. The summed E-state index contributed by atoms with van der Waals surface area (Å²) in [5.74, 6) is 2.41. The molecule has 1 fully saturated rings. The maximum Gasteiger partial charge on any atom is 0.229 e. The number of likely N-dealkylation sites (N-methyl/N-ethyl adjacent to an activating group) is 1. The van der Waals surface area contributed by atoms with E-state index in [1.54, 1.807) is 11.8 Å². The maximum absolute atomic E-state index is 5.45. The number of nitrogens with zero attached hydrogens (tertiary/aromatic N) is 6. The summed E-state index contributed by atoms with van der Waals surface area (Å²) in [5, 5.41) is 8.75. The standard InChI is InChI=1S/C19H25N7O/c1-24-8-10-26(11-9-24)19-22-17(15-13-21-25(2)18(15)23-19)20-12-14-6-4-5-7-16(14)27-3/h4-7,13H,8-12H2,1-3H3,(H,20,22,23). The summed E-state index contributed by atoms with van der Waals surface area (Å²) in [4.78, 5) is 14.1. The molecule has 0 saturated carbocycles. The van der Waals surface area contributed by atoms with Crippen molar-refractivity contribution in [2.75, 3.05) is 50.6 Å². The number of piperazine rings is 1. The molecule has 1 aliphatic heterocycles. The molecule has 3 heterocycles. The van der Waals surface area contributed by atoms with Crippen molar-refractivity contribution < 1.29 is 4.74 Å². The van der Waals surface area contributed by atoms with E-state index in [1.807, 2.05) is 31.4 Å². The lowest BCUT2D eigenvalue weighted by atomic mass is 10.2. The van der Waals surface area contributed by atoms with Gasteiger partial charge in [0.1, 0.15) is 11.6 Å². The number of hydrogen-bond acceptors (Lipinski definition) is 7. The lowest BCUT2D eigenvalue weighted by Gasteiger charge is -2.32. The molecule has 0 atom stereocenters. The number of para-hydroxylation sites is 1. The average molecular weight is 367 g/mol. The van der Waals surface area contributed by atoms with Gasteiger partial charge in [0.05, 0.1) is 18.7 Å². The van der Waals surface area contributed by atoms with Gasteiger partial charge in [0, 0.05) is 45.3 Å². The van der Waals surface area contributed by atoms with Crippen LogP contribution < -0.4 is 15.0 Å². The SMILES string of the molecule is COc1ccccc1CNc1nc(N2CCN(C)CC2)nc2c1cnn2C. The van der Waals surface area contributed by atoms with Crippen molar-refractivity contribution >= 4 is 22.8 Å². The third kappa shape index (κ3) is 3.52. The number of rotatable bonds is 5. The summed E-state index contributed by atoms with van der Waals surface area (Å²) in [5.41, 5.74) is 1.92. The second-order valence-corrected chi connectivity index (χ2v) is 6.83. The Bertz CT molecular complexity index is 931. The van der Waals surface area contributed by atoms with Crippen LogP contribution in [-0.2, 0) is 13.6 Å². The van der Waals surface area contributed by atoms with Gasteiger partial charge in [0.25, 0.3) is 0 Å². The molecule has 0 amide bonds. The average Bonchev–Trinajstić information content (AvgIpc) is 3.08. The molecule has 0 spiro atoms. The molecule has 0 unspecified atom stereocenters. The number of fused-ring (bicyclic) bond motifs is 1. The van der Waals surface area contributed by atoms with E-state index in [0.717, 1.165) is 60.3 Å². The second-order valence-electron chi connectivity index (χ2n) is 6.83. The highest BCUT2D eigenvalue weighted by Crippen LogP contribution is 2.25. The van der Waals surface area contributed by atoms with Crippen molar-refractivity contribution in [3.8, 4) is 5.75 Å². The second kappa shape index (κ2) is 7.40. The zero-order valence-corrected chi connectivity index (χ0v) is 16.0. The molecule has 0 bridgehead atoms. The minimum atomic E-state index is 0.618. The molecule has 4 rings (SSSR count). The summed E-state index contributed by atoms with van der Waals surface area (Å²) >= 11 is 0. The Hall–Kier alpha value is -2.87. The largest absolute Gasteiger partial charge is 0.496 e. The maximum atomic E-state index is 5.45. The zero-order valence-electron chi connectivity index (χ0n) is 16.0. The molecule has 1 N–H and O–H groups in total. The van der Waals surface area contributed by atoms with Crippen LogP contribution in [0.25, 0.3) is 11.0 Å². The number of anilines is 2. The van der Waals surface area contributed by atoms with E-state index in [0.29, 0.717) is 6.54 Å². The first-order chi connectivity index (χ1) is 13.2. The number of nitrogens with one attached hydrogen (secondary N) is 1. The lowest BCUT2D eigenvalue weighted by molar-refractivity contribution is 0.311. The number of aryl methyl sites for hydroxylation is 1. The van der Waals surface area contributed by atoms with Crippen LogP contribution >= 0.6 is 0 Å². The molecular formula is C19H25N7O. The van der Waals surface area contributed by atoms with Crippen LogP contribution in [0.1, 0.15) is 5.56 Å². The van der Waals surface area contributed by atoms with Crippen LogP contribution in [0.5, 0.6) is 5.75 Å². The quantitative estimate of drug-likeness (QED) is 0.736. The summed E-state index contributed by atoms with van der Waals surface area (Å²) in [7, 11) is 5.74. The van der Waals surface area contributed by atoms with Crippen LogP contribution in [0.3, 0.4) is 0 Å². The van der Waals surface area contributed by atoms with Crippen LogP contribution in [-0.4, -0.2) is 65.0 Å². The number of methoxy groups -OCH3 is 1. The molecule has 3 aromatic rings. The fraction of sp³-hybridized carbons (Fsp3) is 0.421. The molecule has 0 aliphatic carbocycles. The van der Waals surface area contributed by atoms with E-state index in [-0.39, 0.29) is 0 Å². The van der Waals surface area contributed by atoms with E-state index in [1.165, 1.54) is 0 Å². The van der Waals surface area contributed by atoms with E-state index >= 15 is 0 Å². The normalized spacial score (nSPS) is 15.3. The van der Waals surface area contributed by atoms with Gasteiger partial charge in [-0.25, -0.2) is 0 Å². The van der Waals surface area contributed by atoms with E-state index < -0.39 is 0 Å². The first kappa shape index (κ1) is 17.5. The Morgan fingerprint density at radius 2 is 1.85 bits per heavy atom. The van der Waals surface area contributed by atoms with Crippen molar-refractivity contribution in [1.29, 1.82) is 0 Å². The molecule has 27 heavy (non-hydrogen) atoms. The number of aromatic nitrogens is 4. The Morgan fingerprint density at radius 1 is 1.07 bits per heavy atom. The monoisotopic (exact) mass is 367 g/mol. The van der Waals surface area contributed by atoms with E-state index in [2.05, 4.69) is 33.3 Å². The van der Waals surface area contributed by atoms with Crippen LogP contribution in [0.2, 0.25) is 0 Å². The van der Waals surface area contributed by atoms with Gasteiger partial charge in [0.2, 0.25) is 5.95 Å². The number of benzene rings is 1. The van der Waals surface area contributed by atoms with Crippen LogP contribution in [0.15, 0.2) is 30.5 Å². The predicted molar refractivity (Wildman–Crippen MR) is 106 cm³/mol. The van der Waals surface area contributed by atoms with Gasteiger partial charge in [0.15, 0.2) is 5.65 Å². The van der Waals surface area contributed by atoms with Crippen molar-refractivity contribution in [3.63, 3.8) is 0 Å². The van der Waals surface area contributed by atoms with Gasteiger partial charge in [-0.1, -0.05) is 18.2 Å². The lowest BCUT2D eigenvalue weighted by Crippen LogP contribution is -2.45. The molecule has 2 aromatic heterocycles. The first-order valence-electron chi connectivity index (χ1n) is 9.14. The van der Waals surface area contributed by atoms with Crippen molar-refractivity contribution in [2.24, 2.45) is 7.05 Å². The first-order valence-corrected chi connectivity index (χ1v) is 9.14. The molecule has 1 saturated heterocycles. The van der Waals surface area contributed by atoms with Crippen molar-refractivity contribution in [2.45, 2.75) is 6.54 Å². The zero-order chi connectivity index (χ0) is 18.8. The van der Waals surface area contributed by atoms with Gasteiger partial charge in [-0.2, -0.15) is 15.1 Å². The topological polar surface area (TPSA) is 71.3 Å². The summed E-state index contributed by atoms with van der Waals surface area (Å²) < 4.78 is 7.25. The Kier molecular flexibility index (Phi) is 4.81. The van der Waals surface area contributed by atoms with Gasteiger partial charge in [-0.3, -0.25) is 4.68 Å². The van der Waals surface area contributed by atoms with Crippen LogP contribution in [0, 0.1) is 0 Å². The van der Waals surface area contributed by atoms with Crippen molar-refractivity contribution in [3.05, 3.63) is 36.0 Å². The minimum absolute atomic E-state index is 0.618. The molecule has 142 valence electrons. The van der Waals surface area contributed by atoms with Gasteiger partial charge in [-0.05, 0) is 13.1 Å². The smallest absolute Gasteiger partial charge is 0.229 e. The fourth-order valence-corrected chi connectivity index (χ4v) is 3.32. The summed E-state index contributed by atoms with van der Waals surface area (Å²) in [6.07, 6.45) is 1.81. The Balaban J connectivity index is 1.64. The van der Waals surface area contributed by atoms with E-state index in [4.69, 9.17) is 14.7 Å². The third-order valence-electron chi connectivity index (χ3n) is 5.01. The molecule has 0 radical (unpaired) electrons. The number of ether oxygens (including phenoxy) is 1. The van der Waals surface area contributed by atoms with Gasteiger partial charge >= 0.3 is 0 Å². The highest BCUT2D eigenvalue weighted by Gasteiger charge is 2.20. The van der Waals surface area contributed by atoms with Crippen molar-refractivity contribution in [1.82, 2.24) is 24.6 Å². The number of hydrogen-bond donors (Lipinski definition) is 1. The van der Waals surface area contributed by atoms with Gasteiger partial charge in [-0.15, -0.1) is 0 Å². The highest BCUT2D eigenvalue weighted by molar-refractivity contribution is 5.87. The third-order valence-corrected chi connectivity index (χ3v) is 5.01. The highest BCUT2D eigenvalue weighted by atomic mass is 16.5. The predicted octanol–water partition coefficient (Wildman–Crippen LogP) is 1.74. The Morgan fingerprint density at radius 3 is 2.63 bits per heavy atom.